The fourth-order valence-corrected chi connectivity index (χ4v) is 3.12. The SMILES string of the molecule is CCCCC(=O)Nc1ccc(SCC(=O)c2ccc(Br)cc2)cc1. The first-order chi connectivity index (χ1) is 11.6. The Labute approximate surface area is 155 Å². The van der Waals surface area contributed by atoms with E-state index in [0.29, 0.717) is 17.7 Å². The zero-order valence-corrected chi connectivity index (χ0v) is 16.0. The number of benzene rings is 2. The lowest BCUT2D eigenvalue weighted by Gasteiger charge is -2.06. The van der Waals surface area contributed by atoms with Gasteiger partial charge < -0.3 is 5.32 Å². The highest BCUT2D eigenvalue weighted by molar-refractivity contribution is 9.10. The maximum atomic E-state index is 12.1. The van der Waals surface area contributed by atoms with Gasteiger partial charge >= 0.3 is 0 Å². The number of carbonyl (C=O) groups is 2. The Morgan fingerprint density at radius 1 is 1.04 bits per heavy atom. The van der Waals surface area contributed by atoms with Crippen LogP contribution in [0.2, 0.25) is 0 Å². The first-order valence-corrected chi connectivity index (χ1v) is 9.68. The van der Waals surface area contributed by atoms with E-state index in [2.05, 4.69) is 28.2 Å². The molecule has 0 bridgehead atoms. The van der Waals surface area contributed by atoms with Crippen LogP contribution < -0.4 is 5.32 Å². The lowest BCUT2D eigenvalue weighted by molar-refractivity contribution is -0.116. The fraction of sp³-hybridized carbons (Fsp3) is 0.263. The molecule has 0 unspecified atom stereocenters. The molecule has 0 aliphatic heterocycles. The Bertz CT molecular complexity index is 684. The molecule has 0 saturated carbocycles. The van der Waals surface area contributed by atoms with Gasteiger partial charge in [-0.3, -0.25) is 9.59 Å². The Hall–Kier alpha value is -1.59. The summed E-state index contributed by atoms with van der Waals surface area (Å²) in [5.41, 5.74) is 1.50. The van der Waals surface area contributed by atoms with Crippen molar-refractivity contribution >= 4 is 45.1 Å². The predicted octanol–water partition coefficient (Wildman–Crippen LogP) is 5.55. The van der Waals surface area contributed by atoms with Gasteiger partial charge in [0.05, 0.1) is 5.75 Å². The van der Waals surface area contributed by atoms with Gasteiger partial charge in [-0.25, -0.2) is 0 Å². The van der Waals surface area contributed by atoms with E-state index in [9.17, 15) is 9.59 Å². The summed E-state index contributed by atoms with van der Waals surface area (Å²) in [6.07, 6.45) is 2.46. The first-order valence-electron chi connectivity index (χ1n) is 7.90. The minimum atomic E-state index is 0.0441. The Kier molecular flexibility index (Phi) is 7.53. The summed E-state index contributed by atoms with van der Waals surface area (Å²) in [5, 5.41) is 2.88. The molecule has 0 aliphatic rings. The van der Waals surface area contributed by atoms with Crippen molar-refractivity contribution in [1.82, 2.24) is 0 Å². The molecule has 2 aromatic carbocycles. The maximum Gasteiger partial charge on any atom is 0.224 e. The van der Waals surface area contributed by atoms with Gasteiger partial charge in [0, 0.05) is 27.0 Å². The van der Waals surface area contributed by atoms with Crippen molar-refractivity contribution in [2.45, 2.75) is 31.1 Å². The van der Waals surface area contributed by atoms with E-state index in [1.165, 1.54) is 11.8 Å². The molecule has 2 rings (SSSR count). The first kappa shape index (κ1) is 18.7. The van der Waals surface area contributed by atoms with Crippen molar-refractivity contribution in [3.63, 3.8) is 0 Å². The summed E-state index contributed by atoms with van der Waals surface area (Å²) in [7, 11) is 0. The van der Waals surface area contributed by atoms with Gasteiger partial charge in [-0.1, -0.05) is 41.4 Å². The van der Waals surface area contributed by atoms with Gasteiger partial charge in [-0.2, -0.15) is 0 Å². The highest BCUT2D eigenvalue weighted by Crippen LogP contribution is 2.22. The molecule has 0 aromatic heterocycles. The number of anilines is 1. The van der Waals surface area contributed by atoms with E-state index in [0.717, 1.165) is 27.9 Å². The second-order valence-corrected chi connectivity index (χ2v) is 7.36. The third-order valence-corrected chi connectivity index (χ3v) is 4.97. The number of ketones is 1. The number of carbonyl (C=O) groups excluding carboxylic acids is 2. The number of unbranched alkanes of at least 4 members (excludes halogenated alkanes) is 1. The van der Waals surface area contributed by atoms with Crippen LogP contribution in [-0.2, 0) is 4.79 Å². The number of thioether (sulfide) groups is 1. The number of halogens is 1. The smallest absolute Gasteiger partial charge is 0.224 e. The largest absolute Gasteiger partial charge is 0.326 e. The minimum absolute atomic E-state index is 0.0441. The lowest BCUT2D eigenvalue weighted by atomic mass is 10.2. The van der Waals surface area contributed by atoms with Crippen molar-refractivity contribution < 1.29 is 9.59 Å². The summed E-state index contributed by atoms with van der Waals surface area (Å²) >= 11 is 4.86. The fourth-order valence-electron chi connectivity index (χ4n) is 2.06. The molecule has 0 spiro atoms. The van der Waals surface area contributed by atoms with Crippen LogP contribution in [0, 0.1) is 0 Å². The molecular formula is C19H20BrNO2S. The van der Waals surface area contributed by atoms with Crippen LogP contribution in [0.3, 0.4) is 0 Å². The molecule has 2 aromatic rings. The molecule has 24 heavy (non-hydrogen) atoms. The van der Waals surface area contributed by atoms with Crippen LogP contribution >= 0.6 is 27.7 Å². The van der Waals surface area contributed by atoms with E-state index < -0.39 is 0 Å². The molecule has 5 heteroatoms. The van der Waals surface area contributed by atoms with Crippen molar-refractivity contribution in [3.05, 3.63) is 58.6 Å². The van der Waals surface area contributed by atoms with Crippen molar-refractivity contribution in [2.75, 3.05) is 11.1 Å². The minimum Gasteiger partial charge on any atom is -0.326 e. The van der Waals surface area contributed by atoms with Crippen molar-refractivity contribution in [3.8, 4) is 0 Å². The quantitative estimate of drug-likeness (QED) is 0.462. The molecule has 0 radical (unpaired) electrons. The Morgan fingerprint density at radius 3 is 2.33 bits per heavy atom. The maximum absolute atomic E-state index is 12.1. The molecule has 0 saturated heterocycles. The molecule has 126 valence electrons. The van der Waals surface area contributed by atoms with Crippen LogP contribution in [0.5, 0.6) is 0 Å². The Morgan fingerprint density at radius 2 is 1.71 bits per heavy atom. The molecule has 1 N–H and O–H groups in total. The third kappa shape index (κ3) is 6.13. The standard InChI is InChI=1S/C19H20BrNO2S/c1-2-3-4-19(23)21-16-9-11-17(12-10-16)24-13-18(22)14-5-7-15(20)8-6-14/h5-12H,2-4,13H2,1H3,(H,21,23). The summed E-state index contributed by atoms with van der Waals surface area (Å²) in [6, 6.07) is 15.0. The van der Waals surface area contributed by atoms with Gasteiger partial charge in [-0.05, 0) is 42.8 Å². The zero-order valence-electron chi connectivity index (χ0n) is 13.5. The van der Waals surface area contributed by atoms with E-state index in [4.69, 9.17) is 0 Å². The predicted molar refractivity (Wildman–Crippen MR) is 104 cm³/mol. The van der Waals surface area contributed by atoms with Gasteiger partial charge in [0.15, 0.2) is 5.78 Å². The number of Topliss-reactive ketones (excluding diaryl/α,β-unsaturated/α-hetero) is 1. The molecule has 0 atom stereocenters. The Balaban J connectivity index is 1.84. The number of hydrogen-bond donors (Lipinski definition) is 1. The number of hydrogen-bond acceptors (Lipinski definition) is 3. The van der Waals surface area contributed by atoms with Gasteiger partial charge in [-0.15, -0.1) is 11.8 Å². The van der Waals surface area contributed by atoms with E-state index in [1.54, 1.807) is 0 Å². The topological polar surface area (TPSA) is 46.2 Å². The molecule has 3 nitrogen and oxygen atoms in total. The van der Waals surface area contributed by atoms with Crippen LogP contribution in [-0.4, -0.2) is 17.4 Å². The summed E-state index contributed by atoms with van der Waals surface area (Å²) in [5.74, 6) is 0.538. The third-order valence-electron chi connectivity index (χ3n) is 3.43. The highest BCUT2D eigenvalue weighted by atomic mass is 79.9. The van der Waals surface area contributed by atoms with E-state index >= 15 is 0 Å². The second-order valence-electron chi connectivity index (χ2n) is 5.39. The number of nitrogens with one attached hydrogen (secondary N) is 1. The number of rotatable bonds is 8. The highest BCUT2D eigenvalue weighted by Gasteiger charge is 2.07. The summed E-state index contributed by atoms with van der Waals surface area (Å²) < 4.78 is 0.961. The van der Waals surface area contributed by atoms with Crippen molar-refractivity contribution in [1.29, 1.82) is 0 Å². The average Bonchev–Trinajstić information content (AvgIpc) is 2.59. The molecule has 0 heterocycles. The molecule has 1 amide bonds. The summed E-state index contributed by atoms with van der Waals surface area (Å²) in [4.78, 5) is 24.8. The van der Waals surface area contributed by atoms with Gasteiger partial charge in [0.1, 0.15) is 0 Å². The van der Waals surface area contributed by atoms with E-state index in [-0.39, 0.29) is 11.7 Å². The normalized spacial score (nSPS) is 10.4. The average molecular weight is 406 g/mol. The van der Waals surface area contributed by atoms with Crippen LogP contribution in [0.15, 0.2) is 57.9 Å². The van der Waals surface area contributed by atoms with Crippen LogP contribution in [0.25, 0.3) is 0 Å². The zero-order chi connectivity index (χ0) is 17.4. The van der Waals surface area contributed by atoms with E-state index in [1.807, 2.05) is 48.5 Å². The monoisotopic (exact) mass is 405 g/mol. The number of amides is 1. The molecule has 0 aliphatic carbocycles. The van der Waals surface area contributed by atoms with Crippen LogP contribution in [0.1, 0.15) is 36.5 Å². The second kappa shape index (κ2) is 9.64. The van der Waals surface area contributed by atoms with Crippen LogP contribution in [0.4, 0.5) is 5.69 Å². The van der Waals surface area contributed by atoms with Gasteiger partial charge in [0.2, 0.25) is 5.91 Å². The molecular weight excluding hydrogens is 386 g/mol. The summed E-state index contributed by atoms with van der Waals surface area (Å²) in [6.45, 7) is 2.06. The van der Waals surface area contributed by atoms with Crippen molar-refractivity contribution in [2.24, 2.45) is 0 Å². The molecule has 0 fully saturated rings. The van der Waals surface area contributed by atoms with Gasteiger partial charge in [0.25, 0.3) is 0 Å². The lowest BCUT2D eigenvalue weighted by Crippen LogP contribution is -2.10.